The third kappa shape index (κ3) is 1.86. The van der Waals surface area contributed by atoms with Gasteiger partial charge in [0, 0.05) is 0 Å². The van der Waals surface area contributed by atoms with Crippen molar-refractivity contribution in [1.29, 1.82) is 0 Å². The van der Waals surface area contributed by atoms with Crippen molar-refractivity contribution < 1.29 is 0 Å². The summed E-state index contributed by atoms with van der Waals surface area (Å²) < 4.78 is 1.34. The maximum atomic E-state index is 5.67. The maximum absolute atomic E-state index is 5.67. The van der Waals surface area contributed by atoms with E-state index in [1.165, 1.54) is 9.91 Å². The van der Waals surface area contributed by atoms with E-state index in [2.05, 4.69) is 24.3 Å². The van der Waals surface area contributed by atoms with Crippen LogP contribution in [0.25, 0.3) is 0 Å². The van der Waals surface area contributed by atoms with Crippen molar-refractivity contribution in [2.75, 3.05) is 0 Å². The van der Waals surface area contributed by atoms with Gasteiger partial charge in [0.2, 0.25) is 0 Å². The normalized spacial score (nSPS) is 13.1. The van der Waals surface area contributed by atoms with Crippen molar-refractivity contribution in [2.45, 2.75) is 13.0 Å². The van der Waals surface area contributed by atoms with Gasteiger partial charge in [-0.05, 0) is 0 Å². The van der Waals surface area contributed by atoms with Crippen LogP contribution in [-0.2, 0) is 0 Å². The van der Waals surface area contributed by atoms with Gasteiger partial charge < -0.3 is 0 Å². The van der Waals surface area contributed by atoms with Crippen LogP contribution in [0.1, 0.15) is 18.5 Å². The minimum atomic E-state index is 0.160. The first-order chi connectivity index (χ1) is 4.70. The third-order valence-electron chi connectivity index (χ3n) is 1.46. The molecule has 0 saturated carbocycles. The van der Waals surface area contributed by atoms with Crippen molar-refractivity contribution in [3.63, 3.8) is 0 Å². The zero-order valence-electron chi connectivity index (χ0n) is 6.04. The van der Waals surface area contributed by atoms with Crippen LogP contribution in [-0.4, -0.2) is 16.9 Å². The fourth-order valence-electron chi connectivity index (χ4n) is 0.800. The van der Waals surface area contributed by atoms with Crippen LogP contribution < -0.4 is 10.1 Å². The molecule has 2 N–H and O–H groups in total. The molecule has 0 bridgehead atoms. The van der Waals surface area contributed by atoms with Gasteiger partial charge in [-0.3, -0.25) is 0 Å². The average molecular weight is 197 g/mol. The number of hydrogen-bond acceptors (Lipinski definition) is 1. The Morgan fingerprint density at radius 3 is 2.20 bits per heavy atom. The van der Waals surface area contributed by atoms with E-state index in [9.17, 15) is 0 Å². The van der Waals surface area contributed by atoms with Gasteiger partial charge in [-0.25, -0.2) is 0 Å². The quantitative estimate of drug-likeness (QED) is 0.628. The van der Waals surface area contributed by atoms with Gasteiger partial charge >= 0.3 is 69.7 Å². The molecule has 0 aliphatic heterocycles. The van der Waals surface area contributed by atoms with Crippen LogP contribution in [0.3, 0.4) is 0 Å². The van der Waals surface area contributed by atoms with Crippen molar-refractivity contribution in [3.05, 3.63) is 29.8 Å². The third-order valence-corrected chi connectivity index (χ3v) is 2.27. The minimum absolute atomic E-state index is 0.160. The first-order valence-electron chi connectivity index (χ1n) is 3.31. The van der Waals surface area contributed by atoms with E-state index in [-0.39, 0.29) is 6.04 Å². The van der Waals surface area contributed by atoms with Crippen LogP contribution in [0, 0.1) is 0 Å². The zero-order chi connectivity index (χ0) is 7.56. The number of benzene rings is 1. The molecular formula is C8H12AsN. The summed E-state index contributed by atoms with van der Waals surface area (Å²) in [6.07, 6.45) is 0. The van der Waals surface area contributed by atoms with E-state index >= 15 is 0 Å². The molecule has 2 atom stereocenters. The van der Waals surface area contributed by atoms with Crippen molar-refractivity contribution in [1.82, 2.24) is 0 Å². The summed E-state index contributed by atoms with van der Waals surface area (Å²) in [5.41, 5.74) is 6.88. The van der Waals surface area contributed by atoms with E-state index in [0.717, 1.165) is 0 Å². The first-order valence-corrected chi connectivity index (χ1v) is 4.52. The Hall–Kier alpha value is -0.262. The summed E-state index contributed by atoms with van der Waals surface area (Å²) in [5, 5.41) is 0. The molecule has 0 aromatic heterocycles. The van der Waals surface area contributed by atoms with Crippen LogP contribution in [0.4, 0.5) is 0 Å². The molecule has 54 valence electrons. The molecule has 0 aliphatic rings. The Balaban J connectivity index is 2.89. The van der Waals surface area contributed by atoms with Gasteiger partial charge in [0.25, 0.3) is 0 Å². The zero-order valence-corrected chi connectivity index (χ0v) is 8.46. The van der Waals surface area contributed by atoms with Crippen LogP contribution in [0.5, 0.6) is 0 Å². The van der Waals surface area contributed by atoms with E-state index in [4.69, 9.17) is 5.73 Å². The summed E-state index contributed by atoms with van der Waals surface area (Å²) in [6.45, 7) is 2.00. The van der Waals surface area contributed by atoms with E-state index in [1.807, 2.05) is 6.92 Å². The molecule has 0 radical (unpaired) electrons. The predicted octanol–water partition coefficient (Wildman–Crippen LogP) is -0.0353. The standard InChI is InChI=1S/C8H12AsN/c1-6(10)7-2-4-8(9)5-3-7/h2-6H,9-10H2,1H3. The van der Waals surface area contributed by atoms with E-state index in [1.54, 1.807) is 16.9 Å². The van der Waals surface area contributed by atoms with Crippen molar-refractivity contribution in [3.8, 4) is 0 Å². The van der Waals surface area contributed by atoms with E-state index in [0.29, 0.717) is 0 Å². The van der Waals surface area contributed by atoms with Gasteiger partial charge in [0.1, 0.15) is 0 Å². The molecular weight excluding hydrogens is 185 g/mol. The molecule has 1 aromatic carbocycles. The molecule has 0 amide bonds. The molecule has 1 nitrogen and oxygen atoms in total. The van der Waals surface area contributed by atoms with Crippen LogP contribution in [0.2, 0.25) is 0 Å². The SMILES string of the molecule is CC(N)c1ccc([AsH2])cc1. The van der Waals surface area contributed by atoms with Gasteiger partial charge in [-0.2, -0.15) is 0 Å². The van der Waals surface area contributed by atoms with Gasteiger partial charge in [-0.1, -0.05) is 0 Å². The predicted molar refractivity (Wildman–Crippen MR) is 47.2 cm³/mol. The topological polar surface area (TPSA) is 26.0 Å². The molecule has 1 aromatic rings. The van der Waals surface area contributed by atoms with Crippen molar-refractivity contribution in [2.24, 2.45) is 5.73 Å². The van der Waals surface area contributed by atoms with E-state index < -0.39 is 0 Å². The molecule has 0 aliphatic carbocycles. The molecule has 2 unspecified atom stereocenters. The Morgan fingerprint density at radius 1 is 1.30 bits per heavy atom. The monoisotopic (exact) mass is 197 g/mol. The summed E-state index contributed by atoms with van der Waals surface area (Å²) in [7, 11) is 0. The Kier molecular flexibility index (Phi) is 2.53. The Bertz CT molecular complexity index is 203. The summed E-state index contributed by atoms with van der Waals surface area (Å²) >= 11 is 1.65. The summed E-state index contributed by atoms with van der Waals surface area (Å²) in [5.74, 6) is 0. The Morgan fingerprint density at radius 2 is 1.80 bits per heavy atom. The Labute approximate surface area is 70.1 Å². The molecule has 0 spiro atoms. The van der Waals surface area contributed by atoms with Crippen LogP contribution >= 0.6 is 0 Å². The number of nitrogens with two attached hydrogens (primary N) is 1. The van der Waals surface area contributed by atoms with Crippen molar-refractivity contribution >= 4 is 21.2 Å². The second-order valence-electron chi connectivity index (χ2n) is 2.46. The molecule has 10 heavy (non-hydrogen) atoms. The molecule has 2 heteroatoms. The molecule has 0 saturated heterocycles. The second kappa shape index (κ2) is 3.22. The number of hydrogen-bond donors (Lipinski definition) is 1. The second-order valence-corrected chi connectivity index (χ2v) is 3.85. The summed E-state index contributed by atoms with van der Waals surface area (Å²) in [4.78, 5) is 0. The number of rotatable bonds is 1. The molecule has 1 rings (SSSR count). The van der Waals surface area contributed by atoms with Gasteiger partial charge in [-0.15, -0.1) is 0 Å². The average Bonchev–Trinajstić information content (AvgIpc) is 1.88. The fourth-order valence-corrected chi connectivity index (χ4v) is 1.20. The molecule has 0 fully saturated rings. The molecule has 0 heterocycles. The van der Waals surface area contributed by atoms with Gasteiger partial charge in [0.15, 0.2) is 0 Å². The first kappa shape index (κ1) is 7.84. The van der Waals surface area contributed by atoms with Gasteiger partial charge in [0.05, 0.1) is 0 Å². The fraction of sp³-hybridized carbons (Fsp3) is 0.250. The van der Waals surface area contributed by atoms with Crippen LogP contribution in [0.15, 0.2) is 24.3 Å². The summed E-state index contributed by atoms with van der Waals surface area (Å²) in [6, 6.07) is 8.55.